The summed E-state index contributed by atoms with van der Waals surface area (Å²) in [6.07, 6.45) is -8.72. The number of nitrogens with two attached hydrogens (primary N) is 1. The zero-order valence-electron chi connectivity index (χ0n) is 9.20. The largest absolute Gasteiger partial charge is 0.434 e. The van der Waals surface area contributed by atoms with Crippen molar-refractivity contribution >= 4 is 41.2 Å². The maximum atomic E-state index is 12.7. The molecule has 0 aliphatic rings. The number of anilines is 1. The first kappa shape index (κ1) is 16.7. The van der Waals surface area contributed by atoms with E-state index in [4.69, 9.17) is 5.73 Å². The van der Waals surface area contributed by atoms with Crippen LogP contribution < -0.4 is 5.73 Å². The molecule has 1 aromatic rings. The third kappa shape index (κ3) is 3.03. The van der Waals surface area contributed by atoms with Crippen LogP contribution in [0.1, 0.15) is 38.5 Å². The van der Waals surface area contributed by atoms with Gasteiger partial charge in [0.15, 0.2) is 5.69 Å². The summed E-state index contributed by atoms with van der Waals surface area (Å²) in [5, 5.41) is -2.80. The van der Waals surface area contributed by atoms with Crippen LogP contribution in [-0.2, 0) is 6.18 Å². The summed E-state index contributed by atoms with van der Waals surface area (Å²) in [5.41, 5.74) is -1.60. The Labute approximate surface area is 119 Å². The first-order valence-electron chi connectivity index (χ1n) is 4.63. The molecule has 0 atom stereocenters. The lowest BCUT2D eigenvalue weighted by Gasteiger charge is -2.16. The Bertz CT molecular complexity index is 589. The van der Waals surface area contributed by atoms with Gasteiger partial charge in [0.1, 0.15) is 5.69 Å². The summed E-state index contributed by atoms with van der Waals surface area (Å²) in [4.78, 5) is 24.9. The molecule has 0 aromatic carbocycles. The molecule has 1 aromatic heterocycles. The van der Waals surface area contributed by atoms with E-state index in [1.807, 2.05) is 0 Å². The number of rotatable bonds is 3. The van der Waals surface area contributed by atoms with Crippen LogP contribution >= 0.6 is 25.3 Å². The van der Waals surface area contributed by atoms with E-state index in [1.165, 1.54) is 0 Å². The van der Waals surface area contributed by atoms with E-state index in [-0.39, 0.29) is 0 Å². The van der Waals surface area contributed by atoms with Crippen LogP contribution in [0.15, 0.2) is 0 Å². The second-order valence-electron chi connectivity index (χ2n) is 3.42. The summed E-state index contributed by atoms with van der Waals surface area (Å²) in [6.45, 7) is 0. The number of carbonyl (C=O) groups excluding carboxylic acids is 2. The molecule has 0 fully saturated rings. The third-order valence-electron chi connectivity index (χ3n) is 2.17. The molecule has 0 bridgehead atoms. The second kappa shape index (κ2) is 5.56. The van der Waals surface area contributed by atoms with Crippen LogP contribution in [0.5, 0.6) is 0 Å². The number of hydrogen-bond donors (Lipinski definition) is 3. The van der Waals surface area contributed by atoms with Gasteiger partial charge < -0.3 is 5.73 Å². The summed E-state index contributed by atoms with van der Waals surface area (Å²) in [6, 6.07) is 0. The van der Waals surface area contributed by atoms with Crippen molar-refractivity contribution in [1.29, 1.82) is 0 Å². The summed E-state index contributed by atoms with van der Waals surface area (Å²) in [7, 11) is 0. The SMILES string of the molecule is Nc1c(C(=O)S)c(C(F)F)nc(C(F)(F)F)c1C(=O)S. The number of hydrogen-bond acceptors (Lipinski definition) is 4. The van der Waals surface area contributed by atoms with Gasteiger partial charge in [0.2, 0.25) is 10.2 Å². The van der Waals surface area contributed by atoms with Gasteiger partial charge in [-0.15, -0.1) is 25.3 Å². The van der Waals surface area contributed by atoms with Crippen molar-refractivity contribution < 1.29 is 31.5 Å². The topological polar surface area (TPSA) is 73.1 Å². The van der Waals surface area contributed by atoms with Crippen molar-refractivity contribution in [3.05, 3.63) is 22.5 Å². The average molecular weight is 332 g/mol. The van der Waals surface area contributed by atoms with E-state index in [9.17, 15) is 31.5 Å². The van der Waals surface area contributed by atoms with Gasteiger partial charge in [-0.2, -0.15) is 13.2 Å². The molecule has 20 heavy (non-hydrogen) atoms. The van der Waals surface area contributed by atoms with Crippen molar-refractivity contribution in [2.24, 2.45) is 0 Å². The van der Waals surface area contributed by atoms with Gasteiger partial charge in [-0.1, -0.05) is 0 Å². The minimum Gasteiger partial charge on any atom is -0.397 e. The fraction of sp³-hybridized carbons (Fsp3) is 0.222. The summed E-state index contributed by atoms with van der Waals surface area (Å²) >= 11 is 6.41. The van der Waals surface area contributed by atoms with Crippen molar-refractivity contribution in [3.8, 4) is 0 Å². The molecule has 1 heterocycles. The van der Waals surface area contributed by atoms with E-state index in [0.717, 1.165) is 0 Å². The number of aromatic nitrogens is 1. The molecule has 110 valence electrons. The van der Waals surface area contributed by atoms with Gasteiger partial charge in [-0.25, -0.2) is 13.8 Å². The van der Waals surface area contributed by atoms with Crippen molar-refractivity contribution in [1.82, 2.24) is 4.98 Å². The quantitative estimate of drug-likeness (QED) is 0.588. The highest BCUT2D eigenvalue weighted by Crippen LogP contribution is 2.38. The molecule has 1 rings (SSSR count). The molecule has 0 saturated carbocycles. The van der Waals surface area contributed by atoms with E-state index in [0.29, 0.717) is 0 Å². The van der Waals surface area contributed by atoms with Crippen LogP contribution in [0.3, 0.4) is 0 Å². The van der Waals surface area contributed by atoms with Gasteiger partial charge in [-0.3, -0.25) is 9.59 Å². The van der Waals surface area contributed by atoms with E-state index in [2.05, 4.69) is 30.2 Å². The predicted octanol–water partition coefficient (Wildman–Crippen LogP) is 2.76. The molecule has 0 amide bonds. The Hall–Kier alpha value is -1.36. The Kier molecular flexibility index (Phi) is 4.64. The molecule has 0 spiro atoms. The second-order valence-corrected chi connectivity index (χ2v) is 4.23. The van der Waals surface area contributed by atoms with E-state index < -0.39 is 51.0 Å². The van der Waals surface area contributed by atoms with Crippen LogP contribution in [0.4, 0.5) is 27.6 Å². The molecular formula is C9H5F5N2O2S2. The number of halogens is 5. The molecule has 0 saturated heterocycles. The lowest BCUT2D eigenvalue weighted by Crippen LogP contribution is -2.20. The van der Waals surface area contributed by atoms with Crippen LogP contribution in [0.2, 0.25) is 0 Å². The third-order valence-corrected chi connectivity index (χ3v) is 2.61. The van der Waals surface area contributed by atoms with Crippen molar-refractivity contribution in [2.75, 3.05) is 5.73 Å². The molecule has 0 aliphatic heterocycles. The maximum absolute atomic E-state index is 12.7. The molecule has 0 radical (unpaired) electrons. The average Bonchev–Trinajstić information content (AvgIpc) is 2.24. The number of pyridine rings is 1. The molecule has 11 heteroatoms. The number of nitrogen functional groups attached to an aromatic ring is 1. The van der Waals surface area contributed by atoms with Gasteiger partial charge >= 0.3 is 6.18 Å². The highest BCUT2D eigenvalue weighted by molar-refractivity contribution is 7.97. The van der Waals surface area contributed by atoms with Crippen molar-refractivity contribution in [2.45, 2.75) is 12.6 Å². The monoisotopic (exact) mass is 332 g/mol. The molecule has 0 unspecified atom stereocenters. The number of alkyl halides is 5. The molecule has 2 N–H and O–H groups in total. The first-order chi connectivity index (χ1) is 8.98. The van der Waals surface area contributed by atoms with Gasteiger partial charge in [-0.05, 0) is 0 Å². The molecule has 4 nitrogen and oxygen atoms in total. The fourth-order valence-electron chi connectivity index (χ4n) is 1.43. The minimum atomic E-state index is -5.22. The fourth-order valence-corrected chi connectivity index (χ4v) is 1.89. The van der Waals surface area contributed by atoms with Crippen LogP contribution in [0.25, 0.3) is 0 Å². The van der Waals surface area contributed by atoms with Crippen LogP contribution in [0, 0.1) is 0 Å². The number of carbonyl (C=O) groups is 2. The standard InChI is InChI=1S/C9H5F5N2O2S2/c10-6(11)4-1(7(17)19)3(15)2(8(18)20)5(16-4)9(12,13)14/h6H,(H2,15,16)(H,17,19)(H,18,20). The molecular weight excluding hydrogens is 327 g/mol. The van der Waals surface area contributed by atoms with E-state index >= 15 is 0 Å². The van der Waals surface area contributed by atoms with E-state index in [1.54, 1.807) is 0 Å². The van der Waals surface area contributed by atoms with Gasteiger partial charge in [0.05, 0.1) is 16.8 Å². The lowest BCUT2D eigenvalue weighted by atomic mass is 10.0. The molecule has 0 aliphatic carbocycles. The lowest BCUT2D eigenvalue weighted by molar-refractivity contribution is -0.141. The Morgan fingerprint density at radius 1 is 1.10 bits per heavy atom. The summed E-state index contributed by atoms with van der Waals surface area (Å²) in [5.74, 6) is 0. The Balaban J connectivity index is 3.90. The summed E-state index contributed by atoms with van der Waals surface area (Å²) < 4.78 is 63.5. The Morgan fingerprint density at radius 2 is 1.55 bits per heavy atom. The zero-order chi connectivity index (χ0) is 15.8. The maximum Gasteiger partial charge on any atom is 0.434 e. The predicted molar refractivity (Wildman–Crippen MR) is 65.2 cm³/mol. The minimum absolute atomic E-state index is 1.05. The van der Waals surface area contributed by atoms with Crippen LogP contribution in [-0.4, -0.2) is 15.2 Å². The van der Waals surface area contributed by atoms with Gasteiger partial charge in [0, 0.05) is 0 Å². The smallest absolute Gasteiger partial charge is 0.397 e. The Morgan fingerprint density at radius 3 is 1.85 bits per heavy atom. The normalized spacial score (nSPS) is 11.8. The highest BCUT2D eigenvalue weighted by atomic mass is 32.1. The highest BCUT2D eigenvalue weighted by Gasteiger charge is 2.41. The van der Waals surface area contributed by atoms with Crippen molar-refractivity contribution in [3.63, 3.8) is 0 Å². The number of thiol groups is 2. The van der Waals surface area contributed by atoms with Gasteiger partial charge in [0.25, 0.3) is 6.43 Å². The first-order valence-corrected chi connectivity index (χ1v) is 5.53. The zero-order valence-corrected chi connectivity index (χ0v) is 11.0. The number of nitrogens with zero attached hydrogens (tertiary/aromatic N) is 1.